The SMILES string of the molecule is Cc1ccc(CC(c2ccc(Cl)cc2)c2ccc(CCCC(=O)O)cc2)cc1. The summed E-state index contributed by atoms with van der Waals surface area (Å²) in [5.74, 6) is -0.495. The minimum atomic E-state index is -0.738. The predicted octanol–water partition coefficient (Wildman–Crippen LogP) is 6.43. The number of rotatable bonds is 8. The highest BCUT2D eigenvalue weighted by molar-refractivity contribution is 6.30. The van der Waals surface area contributed by atoms with Crippen LogP contribution in [-0.4, -0.2) is 11.1 Å². The van der Waals surface area contributed by atoms with Crippen LogP contribution in [0.1, 0.15) is 46.6 Å². The Morgan fingerprint density at radius 1 is 0.857 bits per heavy atom. The van der Waals surface area contributed by atoms with Crippen LogP contribution in [0.3, 0.4) is 0 Å². The van der Waals surface area contributed by atoms with E-state index in [1.54, 1.807) is 0 Å². The van der Waals surface area contributed by atoms with Gasteiger partial charge in [-0.1, -0.05) is 77.8 Å². The maximum Gasteiger partial charge on any atom is 0.303 e. The number of hydrogen-bond donors (Lipinski definition) is 1. The molecule has 0 aromatic heterocycles. The second kappa shape index (κ2) is 9.57. The van der Waals surface area contributed by atoms with E-state index in [1.807, 2.05) is 12.1 Å². The highest BCUT2D eigenvalue weighted by atomic mass is 35.5. The highest BCUT2D eigenvalue weighted by Gasteiger charge is 2.15. The molecule has 0 bridgehead atoms. The number of carbonyl (C=O) groups is 1. The molecule has 2 nitrogen and oxygen atoms in total. The lowest BCUT2D eigenvalue weighted by Gasteiger charge is -2.19. The van der Waals surface area contributed by atoms with Gasteiger partial charge < -0.3 is 5.11 Å². The van der Waals surface area contributed by atoms with Crippen LogP contribution in [0.2, 0.25) is 5.02 Å². The van der Waals surface area contributed by atoms with Gasteiger partial charge in [-0.3, -0.25) is 4.79 Å². The lowest BCUT2D eigenvalue weighted by molar-refractivity contribution is -0.137. The van der Waals surface area contributed by atoms with Crippen LogP contribution in [0.5, 0.6) is 0 Å². The Labute approximate surface area is 171 Å². The minimum absolute atomic E-state index is 0.211. The van der Waals surface area contributed by atoms with Crippen molar-refractivity contribution in [3.8, 4) is 0 Å². The molecule has 1 atom stereocenters. The van der Waals surface area contributed by atoms with Crippen LogP contribution in [0, 0.1) is 6.92 Å². The monoisotopic (exact) mass is 392 g/mol. The molecule has 0 saturated heterocycles. The summed E-state index contributed by atoms with van der Waals surface area (Å²) in [5.41, 5.74) is 6.23. The van der Waals surface area contributed by atoms with Crippen LogP contribution in [0.25, 0.3) is 0 Å². The molecule has 0 aliphatic rings. The van der Waals surface area contributed by atoms with E-state index in [0.29, 0.717) is 6.42 Å². The van der Waals surface area contributed by atoms with E-state index >= 15 is 0 Å². The lowest BCUT2D eigenvalue weighted by Crippen LogP contribution is -2.05. The lowest BCUT2D eigenvalue weighted by atomic mass is 9.85. The highest BCUT2D eigenvalue weighted by Crippen LogP contribution is 2.30. The van der Waals surface area contributed by atoms with E-state index < -0.39 is 5.97 Å². The second-order valence-corrected chi connectivity index (χ2v) is 7.72. The number of benzene rings is 3. The molecule has 144 valence electrons. The zero-order chi connectivity index (χ0) is 19.9. The van der Waals surface area contributed by atoms with Gasteiger partial charge in [-0.05, 0) is 60.6 Å². The molecule has 3 rings (SSSR count). The number of aryl methyl sites for hydroxylation is 2. The van der Waals surface area contributed by atoms with Gasteiger partial charge in [0.15, 0.2) is 0 Å². The Hall–Kier alpha value is -2.58. The summed E-state index contributed by atoms with van der Waals surface area (Å²) in [7, 11) is 0. The molecule has 3 aromatic rings. The minimum Gasteiger partial charge on any atom is -0.481 e. The predicted molar refractivity (Wildman–Crippen MR) is 115 cm³/mol. The molecule has 0 fully saturated rings. The molecule has 0 radical (unpaired) electrons. The van der Waals surface area contributed by atoms with Crippen molar-refractivity contribution in [3.63, 3.8) is 0 Å². The van der Waals surface area contributed by atoms with E-state index in [4.69, 9.17) is 16.7 Å². The van der Waals surface area contributed by atoms with Crippen LogP contribution in [0.15, 0.2) is 72.8 Å². The molecule has 0 saturated carbocycles. The molecule has 3 aromatic carbocycles. The molecular formula is C25H25ClO2. The maximum atomic E-state index is 10.7. The van der Waals surface area contributed by atoms with Gasteiger partial charge in [-0.2, -0.15) is 0 Å². The Morgan fingerprint density at radius 2 is 1.39 bits per heavy atom. The van der Waals surface area contributed by atoms with Gasteiger partial charge in [0, 0.05) is 17.4 Å². The fraction of sp³-hybridized carbons (Fsp3) is 0.240. The van der Waals surface area contributed by atoms with Crippen molar-refractivity contribution in [2.24, 2.45) is 0 Å². The Bertz CT molecular complexity index is 897. The fourth-order valence-corrected chi connectivity index (χ4v) is 3.57. The number of carboxylic acid groups (broad SMARTS) is 1. The van der Waals surface area contributed by atoms with Crippen molar-refractivity contribution >= 4 is 17.6 Å². The van der Waals surface area contributed by atoms with Crippen molar-refractivity contribution in [3.05, 3.63) is 106 Å². The number of hydrogen-bond acceptors (Lipinski definition) is 1. The maximum absolute atomic E-state index is 10.7. The average molecular weight is 393 g/mol. The average Bonchev–Trinajstić information content (AvgIpc) is 2.69. The molecule has 0 aliphatic carbocycles. The van der Waals surface area contributed by atoms with Crippen LogP contribution in [-0.2, 0) is 17.6 Å². The van der Waals surface area contributed by atoms with E-state index in [9.17, 15) is 4.79 Å². The quantitative estimate of drug-likeness (QED) is 0.479. The molecule has 0 amide bonds. The van der Waals surface area contributed by atoms with Crippen LogP contribution in [0.4, 0.5) is 0 Å². The molecular weight excluding hydrogens is 368 g/mol. The van der Waals surface area contributed by atoms with Gasteiger partial charge in [-0.25, -0.2) is 0 Å². The molecule has 0 aliphatic heterocycles. The first-order chi connectivity index (χ1) is 13.5. The van der Waals surface area contributed by atoms with Gasteiger partial charge in [0.25, 0.3) is 0 Å². The third kappa shape index (κ3) is 5.71. The zero-order valence-corrected chi connectivity index (χ0v) is 16.8. The van der Waals surface area contributed by atoms with Gasteiger partial charge in [0.05, 0.1) is 0 Å². The van der Waals surface area contributed by atoms with E-state index in [0.717, 1.165) is 17.9 Å². The summed E-state index contributed by atoms with van der Waals surface area (Å²) >= 11 is 6.09. The van der Waals surface area contributed by atoms with Crippen molar-refractivity contribution < 1.29 is 9.90 Å². The van der Waals surface area contributed by atoms with Crippen LogP contribution < -0.4 is 0 Å². The fourth-order valence-electron chi connectivity index (χ4n) is 3.44. The molecule has 1 N–H and O–H groups in total. The summed E-state index contributed by atoms with van der Waals surface area (Å²) in [6.07, 6.45) is 2.58. The Balaban J connectivity index is 1.82. The van der Waals surface area contributed by atoms with Crippen molar-refractivity contribution in [1.29, 1.82) is 0 Å². The van der Waals surface area contributed by atoms with E-state index in [1.165, 1.54) is 27.8 Å². The van der Waals surface area contributed by atoms with Crippen molar-refractivity contribution in [2.75, 3.05) is 0 Å². The Kier molecular flexibility index (Phi) is 6.89. The van der Waals surface area contributed by atoms with Crippen LogP contribution >= 0.6 is 11.6 Å². The van der Waals surface area contributed by atoms with Crippen molar-refractivity contribution in [1.82, 2.24) is 0 Å². The summed E-state index contributed by atoms with van der Waals surface area (Å²) in [5, 5.41) is 9.54. The topological polar surface area (TPSA) is 37.3 Å². The first-order valence-electron chi connectivity index (χ1n) is 9.63. The molecule has 0 heterocycles. The third-order valence-corrected chi connectivity index (χ3v) is 5.32. The number of carboxylic acids is 1. The largest absolute Gasteiger partial charge is 0.481 e. The zero-order valence-electron chi connectivity index (χ0n) is 16.1. The number of aliphatic carboxylic acids is 1. The first-order valence-corrected chi connectivity index (χ1v) is 10.0. The standard InChI is InChI=1S/C25H25ClO2/c1-18-5-7-20(8-6-18)17-24(22-13-15-23(26)16-14-22)21-11-9-19(10-12-21)3-2-4-25(27)28/h5-16,24H,2-4,17H2,1H3,(H,27,28). The Morgan fingerprint density at radius 3 is 1.96 bits per heavy atom. The van der Waals surface area contributed by atoms with E-state index in [-0.39, 0.29) is 12.3 Å². The number of halogens is 1. The van der Waals surface area contributed by atoms with Gasteiger partial charge in [-0.15, -0.1) is 0 Å². The summed E-state index contributed by atoms with van der Waals surface area (Å²) in [6.45, 7) is 2.10. The van der Waals surface area contributed by atoms with E-state index in [2.05, 4.69) is 67.6 Å². The summed E-state index contributed by atoms with van der Waals surface area (Å²) < 4.78 is 0. The molecule has 1 unspecified atom stereocenters. The smallest absolute Gasteiger partial charge is 0.303 e. The molecule has 3 heteroatoms. The molecule has 0 spiro atoms. The van der Waals surface area contributed by atoms with Gasteiger partial charge in [0.1, 0.15) is 0 Å². The van der Waals surface area contributed by atoms with Crippen molar-refractivity contribution in [2.45, 2.75) is 38.5 Å². The molecule has 28 heavy (non-hydrogen) atoms. The third-order valence-electron chi connectivity index (χ3n) is 5.07. The summed E-state index contributed by atoms with van der Waals surface area (Å²) in [6, 6.07) is 25.4. The first kappa shape index (κ1) is 20.2. The second-order valence-electron chi connectivity index (χ2n) is 7.28. The van der Waals surface area contributed by atoms with Gasteiger partial charge >= 0.3 is 5.97 Å². The van der Waals surface area contributed by atoms with Gasteiger partial charge in [0.2, 0.25) is 0 Å². The normalized spacial score (nSPS) is 11.9. The summed E-state index contributed by atoms with van der Waals surface area (Å²) in [4.78, 5) is 10.7.